The molecule has 268 valence electrons. The number of nitrogens with two attached hydrogens (primary N) is 1. The van der Waals surface area contributed by atoms with Crippen LogP contribution in [0.15, 0.2) is 180 Å². The maximum atomic E-state index is 8.27. The van der Waals surface area contributed by atoms with Gasteiger partial charge in [0.25, 0.3) is 0 Å². The van der Waals surface area contributed by atoms with E-state index in [1.807, 2.05) is 115 Å². The first kappa shape index (κ1) is 34.5. The second-order valence-electron chi connectivity index (χ2n) is 13.4. The third-order valence-electron chi connectivity index (χ3n) is 9.79. The summed E-state index contributed by atoms with van der Waals surface area (Å²) in [7, 11) is 0. The van der Waals surface area contributed by atoms with Gasteiger partial charge >= 0.3 is 0 Å². The van der Waals surface area contributed by atoms with Crippen LogP contribution in [-0.4, -0.2) is 20.7 Å². The van der Waals surface area contributed by atoms with Gasteiger partial charge in [-0.1, -0.05) is 152 Å². The van der Waals surface area contributed by atoms with Gasteiger partial charge in [-0.05, 0) is 47.9 Å². The summed E-state index contributed by atoms with van der Waals surface area (Å²) in [5, 5.41) is 11.4. The third-order valence-corrected chi connectivity index (χ3v) is 11.0. The summed E-state index contributed by atoms with van der Waals surface area (Å²) in [6.07, 6.45) is 0. The van der Waals surface area contributed by atoms with Crippen LogP contribution in [0.1, 0.15) is 16.0 Å². The number of nitrogens with zero attached hydrogens (tertiary/aromatic N) is 3. The van der Waals surface area contributed by atoms with Crippen LogP contribution in [0.4, 0.5) is 5.69 Å². The fourth-order valence-electron chi connectivity index (χ4n) is 7.02. The average Bonchev–Trinajstić information content (AvgIpc) is 3.83. The zero-order valence-corrected chi connectivity index (χ0v) is 31.3. The highest BCUT2D eigenvalue weighted by molar-refractivity contribution is 7.21. The Bertz CT molecular complexity index is 3010. The first-order valence-corrected chi connectivity index (χ1v) is 19.1. The average molecular weight is 742 g/mol. The molecule has 7 heteroatoms. The molecule has 0 amide bonds. The van der Waals surface area contributed by atoms with E-state index in [0.29, 0.717) is 28.9 Å². The van der Waals surface area contributed by atoms with Gasteiger partial charge < -0.3 is 10.2 Å². The number of fused-ring (bicyclic) bond motifs is 4. The molecule has 7 aromatic carbocycles. The van der Waals surface area contributed by atoms with E-state index in [1.54, 1.807) is 11.3 Å². The zero-order valence-electron chi connectivity index (χ0n) is 30.5. The molecule has 0 aliphatic heterocycles. The van der Waals surface area contributed by atoms with Gasteiger partial charge in [-0.2, -0.15) is 0 Å². The number of furan rings is 1. The molecule has 0 saturated carbocycles. The van der Waals surface area contributed by atoms with Crippen LogP contribution in [0.25, 0.3) is 77.3 Å². The first-order valence-electron chi connectivity index (χ1n) is 18.3. The van der Waals surface area contributed by atoms with Crippen LogP contribution in [0.2, 0.25) is 0 Å². The molecule has 10 rings (SSSR count). The molecule has 3 N–H and O–H groups in total. The van der Waals surface area contributed by atoms with Crippen molar-refractivity contribution < 1.29 is 4.42 Å². The van der Waals surface area contributed by atoms with Gasteiger partial charge in [-0.3, -0.25) is 5.41 Å². The Morgan fingerprint density at radius 1 is 0.536 bits per heavy atom. The lowest BCUT2D eigenvalue weighted by molar-refractivity contribution is 0.669. The maximum absolute atomic E-state index is 8.27. The molecule has 3 heterocycles. The quantitative estimate of drug-likeness (QED) is 0.165. The zero-order chi connectivity index (χ0) is 38.0. The maximum Gasteiger partial charge on any atom is 0.164 e. The topological polar surface area (TPSA) is 102 Å². The molecular weight excluding hydrogens is 707 g/mol. The predicted octanol–water partition coefficient (Wildman–Crippen LogP) is 12.6. The molecule has 0 bridgehead atoms. The second kappa shape index (κ2) is 14.9. The Kier molecular flexibility index (Phi) is 9.19. The number of anilines is 1. The van der Waals surface area contributed by atoms with Crippen LogP contribution in [-0.2, 0) is 0 Å². The minimum atomic E-state index is 0.495. The largest absolute Gasteiger partial charge is 0.456 e. The number of nitrogens with one attached hydrogen (secondary N) is 1. The monoisotopic (exact) mass is 741 g/mol. The van der Waals surface area contributed by atoms with Gasteiger partial charge in [0.2, 0.25) is 0 Å². The number of aromatic nitrogens is 3. The molecule has 6 nitrogen and oxygen atoms in total. The third kappa shape index (κ3) is 6.61. The van der Waals surface area contributed by atoms with E-state index in [4.69, 9.17) is 30.5 Å². The molecule has 3 aromatic heterocycles. The van der Waals surface area contributed by atoms with Gasteiger partial charge in [0.05, 0.1) is 16.3 Å². The van der Waals surface area contributed by atoms with Gasteiger partial charge in [-0.25, -0.2) is 15.0 Å². The summed E-state index contributed by atoms with van der Waals surface area (Å²) in [4.78, 5) is 15.8. The first-order chi connectivity index (χ1) is 27.5. The Hall–Kier alpha value is -7.22. The molecule has 0 fully saturated rings. The number of hydrogen-bond donors (Lipinski definition) is 2. The van der Waals surface area contributed by atoms with Crippen LogP contribution < -0.4 is 5.73 Å². The highest BCUT2D eigenvalue weighted by atomic mass is 32.1. The van der Waals surface area contributed by atoms with E-state index >= 15 is 0 Å². The molecule has 10 aromatic rings. The molecule has 0 aliphatic carbocycles. The van der Waals surface area contributed by atoms with E-state index in [-0.39, 0.29) is 0 Å². The van der Waals surface area contributed by atoms with Crippen molar-refractivity contribution in [2.45, 2.75) is 6.92 Å². The summed E-state index contributed by atoms with van der Waals surface area (Å²) in [6, 6.07) is 58.7. The van der Waals surface area contributed by atoms with Crippen molar-refractivity contribution in [1.82, 2.24) is 15.0 Å². The fraction of sp³-hybridized carbons (Fsp3) is 0.0204. The Labute approximate surface area is 328 Å². The van der Waals surface area contributed by atoms with Crippen molar-refractivity contribution in [3.05, 3.63) is 192 Å². The normalized spacial score (nSPS) is 11.1. The number of nitrogen functional groups attached to an aromatic ring is 1. The van der Waals surface area contributed by atoms with Gasteiger partial charge in [0.15, 0.2) is 17.5 Å². The fourth-order valence-corrected chi connectivity index (χ4v) is 8.12. The molecule has 0 spiro atoms. The smallest absolute Gasteiger partial charge is 0.164 e. The van der Waals surface area contributed by atoms with E-state index in [0.717, 1.165) is 75.8 Å². The van der Waals surface area contributed by atoms with Crippen LogP contribution in [0.3, 0.4) is 0 Å². The number of rotatable bonds is 6. The minimum absolute atomic E-state index is 0.495. The SMILES string of the molecule is Cc1cccc2oc3cccc(-c4nc(-c5ccccc5)nc(-c5cccc(-c6ccccc6)c5)n4)c3c12.N=C(c1ccccc1)c1sc2ccccc2c1N. The van der Waals surface area contributed by atoms with Crippen molar-refractivity contribution in [3.63, 3.8) is 0 Å². The van der Waals surface area contributed by atoms with Crippen LogP contribution in [0, 0.1) is 12.3 Å². The lowest BCUT2D eigenvalue weighted by atomic mass is 10.0. The summed E-state index contributed by atoms with van der Waals surface area (Å²) in [5.41, 5.74) is 16.2. The number of hydrogen-bond acceptors (Lipinski definition) is 7. The lowest BCUT2D eigenvalue weighted by Crippen LogP contribution is -2.01. The summed E-state index contributed by atoms with van der Waals surface area (Å²) in [6.45, 7) is 2.11. The molecule has 0 atom stereocenters. The molecule has 56 heavy (non-hydrogen) atoms. The van der Waals surface area contributed by atoms with Gasteiger partial charge in [0.1, 0.15) is 11.2 Å². The predicted molar refractivity (Wildman–Crippen MR) is 232 cm³/mol. The minimum Gasteiger partial charge on any atom is -0.456 e. The van der Waals surface area contributed by atoms with E-state index < -0.39 is 0 Å². The molecule has 0 aliphatic rings. The number of benzene rings is 7. The molecule has 0 unspecified atom stereocenters. The van der Waals surface area contributed by atoms with Crippen molar-refractivity contribution in [2.24, 2.45) is 0 Å². The molecule has 0 radical (unpaired) electrons. The summed E-state index contributed by atoms with van der Waals surface area (Å²) < 4.78 is 7.35. The summed E-state index contributed by atoms with van der Waals surface area (Å²) in [5.74, 6) is 1.89. The highest BCUT2D eigenvalue weighted by Gasteiger charge is 2.19. The van der Waals surface area contributed by atoms with Crippen molar-refractivity contribution in [1.29, 1.82) is 5.41 Å². The van der Waals surface area contributed by atoms with Crippen molar-refractivity contribution in [3.8, 4) is 45.3 Å². The second-order valence-corrected chi connectivity index (χ2v) is 14.5. The Morgan fingerprint density at radius 2 is 1.09 bits per heavy atom. The van der Waals surface area contributed by atoms with Crippen molar-refractivity contribution in [2.75, 3.05) is 5.73 Å². The Balaban J connectivity index is 0.000000190. The van der Waals surface area contributed by atoms with Gasteiger partial charge in [-0.15, -0.1) is 11.3 Å². The van der Waals surface area contributed by atoms with E-state index in [9.17, 15) is 0 Å². The summed E-state index contributed by atoms with van der Waals surface area (Å²) >= 11 is 1.58. The molecule has 0 saturated heterocycles. The standard InChI is InChI=1S/C34H23N3O.C15H12N2S/c1-22-11-8-19-28-30(22)31-27(18-10-20-29(31)38-28)34-36-32(24-14-6-3-7-15-24)35-33(37-34)26-17-9-16-25(21-26)23-12-4-2-5-13-23;16-13(10-6-2-1-3-7-10)15-14(17)11-8-4-5-9-12(11)18-15/h2-21H,1H3;1-9,16H,17H2. The highest BCUT2D eigenvalue weighted by Crippen LogP contribution is 2.38. The van der Waals surface area contributed by atoms with Crippen LogP contribution in [0.5, 0.6) is 0 Å². The Morgan fingerprint density at radius 3 is 1.82 bits per heavy atom. The van der Waals surface area contributed by atoms with Crippen molar-refractivity contribution >= 4 is 54.8 Å². The molecular formula is C49H35N5OS. The van der Waals surface area contributed by atoms with Gasteiger partial charge in [0, 0.05) is 43.1 Å². The number of thiophene rings is 1. The lowest BCUT2D eigenvalue weighted by Gasteiger charge is -2.10. The number of aryl methyl sites for hydroxylation is 1. The van der Waals surface area contributed by atoms with Crippen LogP contribution >= 0.6 is 11.3 Å². The van der Waals surface area contributed by atoms with E-state index in [2.05, 4.69) is 67.6 Å². The van der Waals surface area contributed by atoms with E-state index in [1.165, 1.54) is 0 Å².